The Morgan fingerprint density at radius 2 is 1.62 bits per heavy atom. The molecule has 3 N–H and O–H groups in total. The number of hydrazone groups is 1. The van der Waals surface area contributed by atoms with Crippen molar-refractivity contribution in [3.63, 3.8) is 0 Å². The van der Waals surface area contributed by atoms with Gasteiger partial charge in [0.05, 0.1) is 6.21 Å². The maximum Gasteiger partial charge on any atom is 0.328 e. The number of benzene rings is 2. The highest BCUT2D eigenvalue weighted by Crippen LogP contribution is 2.09. The normalized spacial score (nSPS) is 10.8. The number of carbonyl (C=O) groups excluding carboxylic acids is 2. The summed E-state index contributed by atoms with van der Waals surface area (Å²) in [4.78, 5) is 33.8. The van der Waals surface area contributed by atoms with Gasteiger partial charge in [-0.3, -0.25) is 9.59 Å². The first-order valence-electron chi connectivity index (χ1n) is 7.66. The van der Waals surface area contributed by atoms with E-state index in [9.17, 15) is 14.4 Å². The molecule has 0 aliphatic carbocycles. The second-order valence-corrected chi connectivity index (χ2v) is 5.35. The van der Waals surface area contributed by atoms with Crippen LogP contribution in [0.15, 0.2) is 65.8 Å². The first kappa shape index (κ1) is 18.6. The van der Waals surface area contributed by atoms with Crippen molar-refractivity contribution in [3.8, 4) is 0 Å². The zero-order valence-electron chi connectivity index (χ0n) is 14.0. The van der Waals surface area contributed by atoms with Crippen molar-refractivity contribution >= 4 is 29.7 Å². The lowest BCUT2D eigenvalue weighted by Crippen LogP contribution is -2.17. The van der Waals surface area contributed by atoms with Crippen LogP contribution in [0.5, 0.6) is 0 Å². The van der Waals surface area contributed by atoms with Gasteiger partial charge in [0.15, 0.2) is 0 Å². The first-order valence-corrected chi connectivity index (χ1v) is 7.66. The Balaban J connectivity index is 1.90. The summed E-state index contributed by atoms with van der Waals surface area (Å²) in [6.07, 6.45) is 3.19. The second kappa shape index (κ2) is 8.93. The largest absolute Gasteiger partial charge is 0.478 e. The van der Waals surface area contributed by atoms with E-state index in [1.54, 1.807) is 6.21 Å². The molecule has 0 aromatic heterocycles. The maximum atomic E-state index is 12.0. The molecule has 2 aromatic carbocycles. The lowest BCUT2D eigenvalue weighted by Gasteiger charge is -2.04. The van der Waals surface area contributed by atoms with Crippen LogP contribution in [0.25, 0.3) is 0 Å². The van der Waals surface area contributed by atoms with E-state index < -0.39 is 17.8 Å². The third-order valence-electron chi connectivity index (χ3n) is 3.25. The van der Waals surface area contributed by atoms with E-state index in [2.05, 4.69) is 15.8 Å². The molecule has 7 heteroatoms. The number of aliphatic carboxylic acids is 1. The van der Waals surface area contributed by atoms with Crippen LogP contribution in [0.1, 0.15) is 21.5 Å². The minimum absolute atomic E-state index is 0.366. The van der Waals surface area contributed by atoms with Gasteiger partial charge in [0.1, 0.15) is 0 Å². The van der Waals surface area contributed by atoms with E-state index >= 15 is 0 Å². The highest BCUT2D eigenvalue weighted by molar-refractivity contribution is 6.02. The summed E-state index contributed by atoms with van der Waals surface area (Å²) in [6, 6.07) is 13.8. The molecule has 7 nitrogen and oxygen atoms in total. The zero-order chi connectivity index (χ0) is 18.9. The highest BCUT2D eigenvalue weighted by atomic mass is 16.4. The molecule has 0 radical (unpaired) electrons. The van der Waals surface area contributed by atoms with Crippen LogP contribution in [-0.4, -0.2) is 29.1 Å². The number of hydrogen-bond acceptors (Lipinski definition) is 4. The summed E-state index contributed by atoms with van der Waals surface area (Å²) in [5.74, 6) is -2.18. The monoisotopic (exact) mass is 351 g/mol. The van der Waals surface area contributed by atoms with Crippen molar-refractivity contribution in [2.24, 2.45) is 5.10 Å². The minimum atomic E-state index is -1.21. The Morgan fingerprint density at radius 3 is 2.23 bits per heavy atom. The van der Waals surface area contributed by atoms with Crippen molar-refractivity contribution in [2.45, 2.75) is 6.92 Å². The summed E-state index contributed by atoms with van der Waals surface area (Å²) < 4.78 is 0. The number of amides is 2. The Morgan fingerprint density at radius 1 is 0.962 bits per heavy atom. The molecule has 26 heavy (non-hydrogen) atoms. The van der Waals surface area contributed by atoms with Gasteiger partial charge in [-0.05, 0) is 36.8 Å². The van der Waals surface area contributed by atoms with Crippen LogP contribution in [0, 0.1) is 6.92 Å². The summed E-state index contributed by atoms with van der Waals surface area (Å²) in [6.45, 7) is 1.98. The van der Waals surface area contributed by atoms with Crippen LogP contribution in [-0.2, 0) is 9.59 Å². The molecule has 0 fully saturated rings. The Kier molecular flexibility index (Phi) is 6.39. The van der Waals surface area contributed by atoms with Crippen molar-refractivity contribution < 1.29 is 19.5 Å². The quantitative estimate of drug-likeness (QED) is 0.422. The average molecular weight is 351 g/mol. The van der Waals surface area contributed by atoms with E-state index in [-0.39, 0.29) is 0 Å². The van der Waals surface area contributed by atoms with E-state index in [0.29, 0.717) is 11.3 Å². The fourth-order valence-corrected chi connectivity index (χ4v) is 1.92. The SMILES string of the molecule is Cc1ccc(/C=N/NC(=O)c2ccc(NC(=O)/C=C/C(=O)O)cc2)cc1. The van der Waals surface area contributed by atoms with Crippen LogP contribution in [0.2, 0.25) is 0 Å². The Labute approximate surface area is 150 Å². The van der Waals surface area contributed by atoms with Crippen molar-refractivity contribution in [1.82, 2.24) is 5.43 Å². The number of anilines is 1. The maximum absolute atomic E-state index is 12.0. The number of carboxylic acids is 1. The third kappa shape index (κ3) is 6.04. The van der Waals surface area contributed by atoms with E-state index in [1.807, 2.05) is 31.2 Å². The van der Waals surface area contributed by atoms with Crippen molar-refractivity contribution in [2.75, 3.05) is 5.32 Å². The predicted molar refractivity (Wildman–Crippen MR) is 98.1 cm³/mol. The number of carboxylic acid groups (broad SMARTS) is 1. The van der Waals surface area contributed by atoms with Crippen LogP contribution < -0.4 is 10.7 Å². The smallest absolute Gasteiger partial charge is 0.328 e. The molecular formula is C19H17N3O4. The fraction of sp³-hybridized carbons (Fsp3) is 0.0526. The van der Waals surface area contributed by atoms with Gasteiger partial charge in [-0.2, -0.15) is 5.10 Å². The lowest BCUT2D eigenvalue weighted by atomic mass is 10.2. The minimum Gasteiger partial charge on any atom is -0.478 e. The van der Waals surface area contributed by atoms with Crippen molar-refractivity contribution in [3.05, 3.63) is 77.4 Å². The molecule has 2 aromatic rings. The van der Waals surface area contributed by atoms with E-state index in [0.717, 1.165) is 23.3 Å². The van der Waals surface area contributed by atoms with Gasteiger partial charge < -0.3 is 10.4 Å². The standard InChI is InChI=1S/C19H17N3O4/c1-13-2-4-14(5-3-13)12-20-22-19(26)15-6-8-16(9-7-15)21-17(23)10-11-18(24)25/h2-12H,1H3,(H,21,23)(H,22,26)(H,24,25)/b11-10+,20-12+. The number of aryl methyl sites for hydroxylation is 1. The Hall–Kier alpha value is -3.74. The lowest BCUT2D eigenvalue weighted by molar-refractivity contribution is -0.131. The molecule has 0 bridgehead atoms. The molecule has 0 aliphatic heterocycles. The van der Waals surface area contributed by atoms with Gasteiger partial charge in [0, 0.05) is 23.4 Å². The van der Waals surface area contributed by atoms with Crippen LogP contribution >= 0.6 is 0 Å². The van der Waals surface area contributed by atoms with Crippen LogP contribution in [0.4, 0.5) is 5.69 Å². The average Bonchev–Trinajstić information content (AvgIpc) is 2.62. The fourth-order valence-electron chi connectivity index (χ4n) is 1.92. The molecule has 0 spiro atoms. The molecule has 0 aliphatic rings. The van der Waals surface area contributed by atoms with Gasteiger partial charge in [-0.1, -0.05) is 29.8 Å². The number of nitrogens with one attached hydrogen (secondary N) is 2. The van der Waals surface area contributed by atoms with Gasteiger partial charge in [0.25, 0.3) is 5.91 Å². The zero-order valence-corrected chi connectivity index (χ0v) is 14.0. The number of rotatable bonds is 6. The summed E-state index contributed by atoms with van der Waals surface area (Å²) in [7, 11) is 0. The summed E-state index contributed by atoms with van der Waals surface area (Å²) >= 11 is 0. The molecule has 0 heterocycles. The molecule has 0 saturated heterocycles. The highest BCUT2D eigenvalue weighted by Gasteiger charge is 2.05. The molecule has 2 rings (SSSR count). The van der Waals surface area contributed by atoms with Gasteiger partial charge in [-0.15, -0.1) is 0 Å². The van der Waals surface area contributed by atoms with Gasteiger partial charge >= 0.3 is 5.97 Å². The first-order chi connectivity index (χ1) is 12.4. The Bertz CT molecular complexity index is 853. The molecule has 2 amide bonds. The second-order valence-electron chi connectivity index (χ2n) is 5.35. The van der Waals surface area contributed by atoms with Crippen molar-refractivity contribution in [1.29, 1.82) is 0 Å². The molecule has 0 unspecified atom stereocenters. The summed E-state index contributed by atoms with van der Waals surface area (Å²) in [5.41, 5.74) is 5.22. The molecule has 0 atom stereocenters. The number of carbonyl (C=O) groups is 3. The summed E-state index contributed by atoms with van der Waals surface area (Å²) in [5, 5.41) is 14.8. The molecular weight excluding hydrogens is 334 g/mol. The van der Waals surface area contributed by atoms with E-state index in [4.69, 9.17) is 5.11 Å². The topological polar surface area (TPSA) is 108 Å². The number of nitrogens with zero attached hydrogens (tertiary/aromatic N) is 1. The molecule has 0 saturated carbocycles. The van der Waals surface area contributed by atoms with Crippen LogP contribution in [0.3, 0.4) is 0 Å². The van der Waals surface area contributed by atoms with Gasteiger partial charge in [-0.25, -0.2) is 10.2 Å². The number of hydrogen-bond donors (Lipinski definition) is 3. The third-order valence-corrected chi connectivity index (χ3v) is 3.25. The van der Waals surface area contributed by atoms with E-state index in [1.165, 1.54) is 24.3 Å². The predicted octanol–water partition coefficient (Wildman–Crippen LogP) is 2.34. The molecule has 132 valence electrons. The van der Waals surface area contributed by atoms with Gasteiger partial charge in [0.2, 0.25) is 5.91 Å².